The molecule has 3 heterocycles. The zero-order valence-electron chi connectivity index (χ0n) is 13.5. The van der Waals surface area contributed by atoms with Crippen molar-refractivity contribution in [3.8, 4) is 0 Å². The third-order valence-electron chi connectivity index (χ3n) is 3.90. The Morgan fingerprint density at radius 3 is 2.96 bits per heavy atom. The van der Waals surface area contributed by atoms with Crippen molar-refractivity contribution < 1.29 is 14.0 Å². The number of nitrogens with zero attached hydrogens (tertiary/aromatic N) is 2. The van der Waals surface area contributed by atoms with Crippen molar-refractivity contribution in [2.75, 3.05) is 17.7 Å². The summed E-state index contributed by atoms with van der Waals surface area (Å²) in [6.45, 7) is 4.81. The molecule has 8 heteroatoms. The Hall–Kier alpha value is -1.86. The minimum absolute atomic E-state index is 0.0396. The molecule has 0 radical (unpaired) electrons. The van der Waals surface area contributed by atoms with Crippen molar-refractivity contribution in [1.29, 1.82) is 0 Å². The first kappa shape index (κ1) is 17.0. The molecule has 0 atom stereocenters. The van der Waals surface area contributed by atoms with Crippen LogP contribution in [0.5, 0.6) is 0 Å². The second kappa shape index (κ2) is 6.57. The third-order valence-corrected chi connectivity index (χ3v) is 5.56. The van der Waals surface area contributed by atoms with Crippen molar-refractivity contribution in [2.45, 2.75) is 26.8 Å². The molecule has 2 aromatic rings. The number of fused-ring (bicyclic) bond motifs is 1. The van der Waals surface area contributed by atoms with Crippen LogP contribution in [0.15, 0.2) is 22.8 Å². The van der Waals surface area contributed by atoms with E-state index in [0.29, 0.717) is 24.6 Å². The monoisotopic (exact) mass is 367 g/mol. The summed E-state index contributed by atoms with van der Waals surface area (Å²) >= 11 is 7.29. The van der Waals surface area contributed by atoms with Crippen LogP contribution in [-0.4, -0.2) is 34.1 Å². The lowest BCUT2D eigenvalue weighted by molar-refractivity contribution is -0.140. The van der Waals surface area contributed by atoms with Crippen LogP contribution in [0.1, 0.15) is 35.0 Å². The Kier molecular flexibility index (Phi) is 4.64. The van der Waals surface area contributed by atoms with E-state index in [2.05, 4.69) is 10.3 Å². The van der Waals surface area contributed by atoms with Crippen molar-refractivity contribution in [3.63, 3.8) is 0 Å². The van der Waals surface area contributed by atoms with Crippen LogP contribution >= 0.6 is 22.9 Å². The third kappa shape index (κ3) is 3.32. The van der Waals surface area contributed by atoms with E-state index in [0.717, 1.165) is 10.6 Å². The van der Waals surface area contributed by atoms with Crippen LogP contribution in [0.3, 0.4) is 0 Å². The molecular formula is C16H18ClN3O3S. The Morgan fingerprint density at radius 2 is 2.29 bits per heavy atom. The lowest BCUT2D eigenvalue weighted by Crippen LogP contribution is -2.44. The Morgan fingerprint density at radius 1 is 1.50 bits per heavy atom. The molecule has 0 bridgehead atoms. The van der Waals surface area contributed by atoms with Gasteiger partial charge in [0.15, 0.2) is 10.9 Å². The number of anilines is 1. The highest BCUT2D eigenvalue weighted by molar-refractivity contribution is 7.15. The van der Waals surface area contributed by atoms with Gasteiger partial charge in [-0.3, -0.25) is 14.9 Å². The predicted molar refractivity (Wildman–Crippen MR) is 92.4 cm³/mol. The van der Waals surface area contributed by atoms with Crippen molar-refractivity contribution >= 4 is 39.9 Å². The molecule has 3 rings (SSSR count). The maximum Gasteiger partial charge on any atom is 0.293 e. The Bertz CT molecular complexity index is 755. The van der Waals surface area contributed by atoms with Gasteiger partial charge in [-0.25, -0.2) is 4.98 Å². The number of carbonyl (C=O) groups is 2. The highest BCUT2D eigenvalue weighted by Gasteiger charge is 2.34. The molecule has 0 saturated heterocycles. The van der Waals surface area contributed by atoms with Gasteiger partial charge in [0.2, 0.25) is 5.91 Å². The quantitative estimate of drug-likeness (QED) is 0.842. The first-order valence-corrected chi connectivity index (χ1v) is 8.94. The van der Waals surface area contributed by atoms with Gasteiger partial charge >= 0.3 is 0 Å². The summed E-state index contributed by atoms with van der Waals surface area (Å²) in [6.07, 6.45) is 2.12. The molecule has 128 valence electrons. The second-order valence-corrected chi connectivity index (χ2v) is 7.67. The van der Waals surface area contributed by atoms with E-state index in [4.69, 9.17) is 16.0 Å². The van der Waals surface area contributed by atoms with Gasteiger partial charge in [0.05, 0.1) is 23.9 Å². The van der Waals surface area contributed by atoms with Gasteiger partial charge in [0.1, 0.15) is 0 Å². The zero-order valence-corrected chi connectivity index (χ0v) is 15.0. The van der Waals surface area contributed by atoms with E-state index < -0.39 is 5.41 Å². The summed E-state index contributed by atoms with van der Waals surface area (Å²) in [6, 6.07) is 3.25. The smallest absolute Gasteiger partial charge is 0.293 e. The fourth-order valence-corrected chi connectivity index (χ4v) is 3.61. The summed E-state index contributed by atoms with van der Waals surface area (Å²) in [7, 11) is 0. The number of halogens is 1. The number of nitrogens with one attached hydrogen (secondary N) is 1. The van der Waals surface area contributed by atoms with Crippen LogP contribution in [0.2, 0.25) is 0 Å². The molecule has 0 spiro atoms. The molecule has 0 fully saturated rings. The highest BCUT2D eigenvalue weighted by atomic mass is 35.5. The van der Waals surface area contributed by atoms with Gasteiger partial charge < -0.3 is 9.32 Å². The summed E-state index contributed by atoms with van der Waals surface area (Å²) in [4.78, 5) is 31.8. The van der Waals surface area contributed by atoms with Gasteiger partial charge in [-0.05, 0) is 26.0 Å². The number of carbonyl (C=O) groups excluding carboxylic acids is 2. The number of amides is 2. The van der Waals surface area contributed by atoms with E-state index >= 15 is 0 Å². The van der Waals surface area contributed by atoms with Crippen LogP contribution in [-0.2, 0) is 17.8 Å². The van der Waals surface area contributed by atoms with Gasteiger partial charge in [-0.15, -0.1) is 11.6 Å². The minimum atomic E-state index is -0.583. The van der Waals surface area contributed by atoms with E-state index in [1.807, 2.05) is 13.8 Å². The first-order chi connectivity index (χ1) is 11.4. The minimum Gasteiger partial charge on any atom is -0.459 e. The zero-order chi connectivity index (χ0) is 17.3. The molecule has 6 nitrogen and oxygen atoms in total. The topological polar surface area (TPSA) is 75.4 Å². The Labute approximate surface area is 148 Å². The van der Waals surface area contributed by atoms with Gasteiger partial charge in [-0.1, -0.05) is 11.3 Å². The summed E-state index contributed by atoms with van der Waals surface area (Å²) in [5.74, 6) is 0.228. The van der Waals surface area contributed by atoms with E-state index in [1.54, 1.807) is 17.0 Å². The van der Waals surface area contributed by atoms with E-state index in [9.17, 15) is 9.59 Å². The molecule has 1 aliphatic heterocycles. The lowest BCUT2D eigenvalue weighted by Gasteiger charge is -2.32. The lowest BCUT2D eigenvalue weighted by atomic mass is 9.93. The van der Waals surface area contributed by atoms with Crippen LogP contribution in [0.25, 0.3) is 0 Å². The van der Waals surface area contributed by atoms with E-state index in [1.165, 1.54) is 17.6 Å². The number of alkyl halides is 1. The number of hydrogen-bond donors (Lipinski definition) is 1. The van der Waals surface area contributed by atoms with E-state index in [-0.39, 0.29) is 23.5 Å². The average Bonchev–Trinajstić information content (AvgIpc) is 3.22. The molecule has 0 aliphatic carbocycles. The second-order valence-electron chi connectivity index (χ2n) is 6.31. The van der Waals surface area contributed by atoms with Crippen molar-refractivity contribution in [2.24, 2.45) is 5.41 Å². The van der Waals surface area contributed by atoms with Gasteiger partial charge in [0.25, 0.3) is 5.91 Å². The molecule has 24 heavy (non-hydrogen) atoms. The number of thiazole rings is 1. The molecule has 2 amide bonds. The van der Waals surface area contributed by atoms with Crippen molar-refractivity contribution in [1.82, 2.24) is 9.88 Å². The van der Waals surface area contributed by atoms with Crippen LogP contribution < -0.4 is 5.32 Å². The number of furan rings is 1. The van der Waals surface area contributed by atoms with Crippen LogP contribution in [0, 0.1) is 5.41 Å². The molecule has 0 saturated carbocycles. The molecule has 2 aromatic heterocycles. The largest absolute Gasteiger partial charge is 0.459 e. The molecular weight excluding hydrogens is 350 g/mol. The maximum atomic E-state index is 12.5. The molecule has 0 aromatic carbocycles. The summed E-state index contributed by atoms with van der Waals surface area (Å²) < 4.78 is 5.07. The summed E-state index contributed by atoms with van der Waals surface area (Å²) in [5.41, 5.74) is 0.350. The number of aromatic nitrogens is 1. The van der Waals surface area contributed by atoms with Gasteiger partial charge in [-0.2, -0.15) is 0 Å². The number of hydrogen-bond acceptors (Lipinski definition) is 5. The maximum absolute atomic E-state index is 12.5. The SMILES string of the molecule is CC(C)(CCl)C(=O)N1CCc2nc(NC(=O)c3ccco3)sc2C1. The molecule has 1 N–H and O–H groups in total. The van der Waals surface area contributed by atoms with Crippen LogP contribution in [0.4, 0.5) is 5.13 Å². The fraction of sp³-hybridized carbons (Fsp3) is 0.438. The molecule has 0 unspecified atom stereocenters. The normalized spacial score (nSPS) is 14.4. The average molecular weight is 368 g/mol. The first-order valence-electron chi connectivity index (χ1n) is 7.59. The number of rotatable bonds is 4. The fourth-order valence-electron chi connectivity index (χ4n) is 2.47. The highest BCUT2D eigenvalue weighted by Crippen LogP contribution is 2.31. The molecule has 1 aliphatic rings. The van der Waals surface area contributed by atoms with Crippen molar-refractivity contribution in [3.05, 3.63) is 34.7 Å². The standard InChI is InChI=1S/C16H18ClN3O3S/c1-16(2,9-17)14(22)20-6-5-10-12(8-20)24-15(18-10)19-13(21)11-4-3-7-23-11/h3-4,7H,5-6,8-9H2,1-2H3,(H,18,19,21). The summed E-state index contributed by atoms with van der Waals surface area (Å²) in [5, 5.41) is 3.26. The van der Waals surface area contributed by atoms with Gasteiger partial charge in [0, 0.05) is 23.7 Å². The predicted octanol–water partition coefficient (Wildman–Crippen LogP) is 3.14. The Balaban J connectivity index is 1.71.